The van der Waals surface area contributed by atoms with Crippen LogP contribution < -0.4 is 4.90 Å². The zero-order valence-electron chi connectivity index (χ0n) is 15.2. The second-order valence-electron chi connectivity index (χ2n) is 7.02. The van der Waals surface area contributed by atoms with E-state index in [1.54, 1.807) is 0 Å². The molecule has 3 aromatic rings. The van der Waals surface area contributed by atoms with Crippen LogP contribution in [0.1, 0.15) is 11.1 Å². The summed E-state index contributed by atoms with van der Waals surface area (Å²) in [6, 6.07) is 20.3. The van der Waals surface area contributed by atoms with Crippen molar-refractivity contribution < 1.29 is 9.90 Å². The summed E-state index contributed by atoms with van der Waals surface area (Å²) in [6.45, 7) is 4.68. The molecule has 0 saturated carbocycles. The van der Waals surface area contributed by atoms with E-state index in [0.717, 1.165) is 49.6 Å². The number of aromatic nitrogens is 1. The molecule has 1 aliphatic heterocycles. The Morgan fingerprint density at radius 2 is 1.70 bits per heavy atom. The molecule has 0 amide bonds. The number of carboxylic acids is 1. The zero-order chi connectivity index (χ0) is 18.6. The number of anilines is 1. The Kier molecular flexibility index (Phi) is 5.03. The molecule has 1 fully saturated rings. The molecule has 0 atom stereocenters. The van der Waals surface area contributed by atoms with Crippen molar-refractivity contribution in [2.75, 3.05) is 31.1 Å². The van der Waals surface area contributed by atoms with Crippen LogP contribution in [0.25, 0.3) is 10.9 Å². The highest BCUT2D eigenvalue weighted by Crippen LogP contribution is 2.20. The third-order valence-electron chi connectivity index (χ3n) is 5.03. The van der Waals surface area contributed by atoms with E-state index in [1.165, 1.54) is 10.9 Å². The molecule has 5 heteroatoms. The van der Waals surface area contributed by atoms with E-state index >= 15 is 0 Å². The summed E-state index contributed by atoms with van der Waals surface area (Å²) in [7, 11) is 0. The second kappa shape index (κ2) is 7.76. The number of pyridine rings is 1. The monoisotopic (exact) mass is 361 g/mol. The van der Waals surface area contributed by atoms with Crippen LogP contribution in [-0.4, -0.2) is 47.1 Å². The average molecular weight is 361 g/mol. The molecule has 4 rings (SSSR count). The van der Waals surface area contributed by atoms with E-state index in [2.05, 4.69) is 40.1 Å². The Hall–Kier alpha value is -2.92. The summed E-state index contributed by atoms with van der Waals surface area (Å²) in [5.74, 6) is 0.250. The van der Waals surface area contributed by atoms with E-state index in [9.17, 15) is 4.79 Å². The maximum absolute atomic E-state index is 10.9. The van der Waals surface area contributed by atoms with Crippen LogP contribution in [0.2, 0.25) is 0 Å². The van der Waals surface area contributed by atoms with Crippen LogP contribution in [0.5, 0.6) is 0 Å². The van der Waals surface area contributed by atoms with Gasteiger partial charge >= 0.3 is 5.97 Å². The van der Waals surface area contributed by atoms with Crippen molar-refractivity contribution in [2.24, 2.45) is 0 Å². The van der Waals surface area contributed by atoms with Gasteiger partial charge in [0, 0.05) is 38.1 Å². The molecule has 0 aliphatic carbocycles. The minimum Gasteiger partial charge on any atom is -0.481 e. The smallest absolute Gasteiger partial charge is 0.307 e. The second-order valence-corrected chi connectivity index (χ2v) is 7.02. The van der Waals surface area contributed by atoms with Gasteiger partial charge in [-0.3, -0.25) is 9.69 Å². The number of fused-ring (bicyclic) bond motifs is 1. The van der Waals surface area contributed by atoms with Crippen molar-refractivity contribution in [1.29, 1.82) is 0 Å². The van der Waals surface area contributed by atoms with Gasteiger partial charge in [-0.25, -0.2) is 4.98 Å². The number of carboxylic acid groups (broad SMARTS) is 1. The predicted octanol–water partition coefficient (Wildman–Crippen LogP) is 3.18. The third kappa shape index (κ3) is 4.26. The molecular formula is C22H23N3O2. The number of benzene rings is 2. The summed E-state index contributed by atoms with van der Waals surface area (Å²) in [5.41, 5.74) is 3.07. The van der Waals surface area contributed by atoms with Crippen LogP contribution in [0.15, 0.2) is 60.7 Å². The van der Waals surface area contributed by atoms with Crippen molar-refractivity contribution in [3.63, 3.8) is 0 Å². The molecule has 27 heavy (non-hydrogen) atoms. The van der Waals surface area contributed by atoms with Gasteiger partial charge in [-0.1, -0.05) is 42.5 Å². The summed E-state index contributed by atoms with van der Waals surface area (Å²) >= 11 is 0. The Morgan fingerprint density at radius 1 is 0.926 bits per heavy atom. The summed E-state index contributed by atoms with van der Waals surface area (Å²) in [5, 5.41) is 10.1. The Balaban J connectivity index is 1.38. The van der Waals surface area contributed by atoms with Crippen molar-refractivity contribution in [3.8, 4) is 0 Å². The van der Waals surface area contributed by atoms with Gasteiger partial charge in [0.15, 0.2) is 0 Å². The van der Waals surface area contributed by atoms with E-state index in [0.29, 0.717) is 0 Å². The molecule has 138 valence electrons. The number of piperazine rings is 1. The van der Waals surface area contributed by atoms with Gasteiger partial charge in [0.05, 0.1) is 11.9 Å². The minimum absolute atomic E-state index is 0.0786. The normalized spacial score (nSPS) is 15.2. The lowest BCUT2D eigenvalue weighted by molar-refractivity contribution is -0.136. The summed E-state index contributed by atoms with van der Waals surface area (Å²) in [4.78, 5) is 20.5. The summed E-state index contributed by atoms with van der Waals surface area (Å²) in [6.07, 6.45) is 0.0786. The summed E-state index contributed by atoms with van der Waals surface area (Å²) < 4.78 is 0. The van der Waals surface area contributed by atoms with Gasteiger partial charge < -0.3 is 10.0 Å². The Morgan fingerprint density at radius 3 is 2.52 bits per heavy atom. The molecule has 2 heterocycles. The number of rotatable bonds is 5. The lowest BCUT2D eigenvalue weighted by Crippen LogP contribution is -2.46. The zero-order valence-corrected chi connectivity index (χ0v) is 15.2. The van der Waals surface area contributed by atoms with E-state index in [4.69, 9.17) is 10.1 Å². The number of carbonyl (C=O) groups is 1. The van der Waals surface area contributed by atoms with E-state index in [1.807, 2.05) is 30.3 Å². The fraction of sp³-hybridized carbons (Fsp3) is 0.273. The average Bonchev–Trinajstić information content (AvgIpc) is 2.68. The number of hydrogen-bond donors (Lipinski definition) is 1. The maximum Gasteiger partial charge on any atom is 0.307 e. The van der Waals surface area contributed by atoms with E-state index in [-0.39, 0.29) is 6.42 Å². The fourth-order valence-electron chi connectivity index (χ4n) is 3.64. The molecule has 1 N–H and O–H groups in total. The molecule has 1 aliphatic rings. The molecule has 0 spiro atoms. The largest absolute Gasteiger partial charge is 0.481 e. The molecule has 5 nitrogen and oxygen atoms in total. The van der Waals surface area contributed by atoms with Crippen molar-refractivity contribution in [3.05, 3.63) is 71.8 Å². The SMILES string of the molecule is O=C(O)Cc1cccc(CN2CCN(c3ccc4ccccc4n3)CC2)c1. The van der Waals surface area contributed by atoms with Crippen LogP contribution in [0.3, 0.4) is 0 Å². The molecule has 2 aromatic carbocycles. The Bertz CT molecular complexity index is 949. The van der Waals surface area contributed by atoms with Gasteiger partial charge in [0.25, 0.3) is 0 Å². The molecule has 0 radical (unpaired) electrons. The fourth-order valence-corrected chi connectivity index (χ4v) is 3.64. The first-order valence-electron chi connectivity index (χ1n) is 9.30. The highest BCUT2D eigenvalue weighted by molar-refractivity contribution is 5.80. The first-order chi connectivity index (χ1) is 13.2. The van der Waals surface area contributed by atoms with Crippen molar-refractivity contribution in [1.82, 2.24) is 9.88 Å². The van der Waals surface area contributed by atoms with Gasteiger partial charge in [-0.2, -0.15) is 0 Å². The maximum atomic E-state index is 10.9. The number of hydrogen-bond acceptors (Lipinski definition) is 4. The highest BCUT2D eigenvalue weighted by atomic mass is 16.4. The quantitative estimate of drug-likeness (QED) is 0.756. The van der Waals surface area contributed by atoms with Crippen LogP contribution in [0, 0.1) is 0 Å². The first-order valence-corrected chi connectivity index (χ1v) is 9.30. The van der Waals surface area contributed by atoms with Gasteiger partial charge in [0.1, 0.15) is 5.82 Å². The van der Waals surface area contributed by atoms with Crippen LogP contribution >= 0.6 is 0 Å². The van der Waals surface area contributed by atoms with Crippen LogP contribution in [0.4, 0.5) is 5.82 Å². The topological polar surface area (TPSA) is 56.7 Å². The molecular weight excluding hydrogens is 338 g/mol. The lowest BCUT2D eigenvalue weighted by atomic mass is 10.1. The van der Waals surface area contributed by atoms with Crippen molar-refractivity contribution >= 4 is 22.7 Å². The predicted molar refractivity (Wildman–Crippen MR) is 107 cm³/mol. The van der Waals surface area contributed by atoms with Gasteiger partial charge in [-0.15, -0.1) is 0 Å². The van der Waals surface area contributed by atoms with E-state index < -0.39 is 5.97 Å². The lowest BCUT2D eigenvalue weighted by Gasteiger charge is -2.35. The standard InChI is InChI=1S/C22H23N3O2/c26-22(27)15-17-4-3-5-18(14-17)16-24-10-12-25(13-11-24)21-9-8-19-6-1-2-7-20(19)23-21/h1-9,14H,10-13,15-16H2,(H,26,27). The number of para-hydroxylation sites is 1. The Labute approximate surface area is 158 Å². The molecule has 0 bridgehead atoms. The highest BCUT2D eigenvalue weighted by Gasteiger charge is 2.18. The van der Waals surface area contributed by atoms with Gasteiger partial charge in [-0.05, 0) is 29.3 Å². The molecule has 1 aromatic heterocycles. The molecule has 1 saturated heterocycles. The minimum atomic E-state index is -0.788. The molecule has 0 unspecified atom stereocenters. The van der Waals surface area contributed by atoms with Crippen molar-refractivity contribution in [2.45, 2.75) is 13.0 Å². The number of nitrogens with zero attached hydrogens (tertiary/aromatic N) is 3. The van der Waals surface area contributed by atoms with Crippen LogP contribution in [-0.2, 0) is 17.8 Å². The number of aliphatic carboxylic acids is 1. The first kappa shape index (κ1) is 17.5. The third-order valence-corrected chi connectivity index (χ3v) is 5.03. The van der Waals surface area contributed by atoms with Gasteiger partial charge in [0.2, 0.25) is 0 Å².